The Kier molecular flexibility index (Phi) is 6.44. The van der Waals surface area contributed by atoms with E-state index in [9.17, 15) is 14.4 Å². The van der Waals surface area contributed by atoms with E-state index >= 15 is 0 Å². The van der Waals surface area contributed by atoms with E-state index < -0.39 is 5.60 Å². The third kappa shape index (κ3) is 4.93. The number of fused-ring (bicyclic) bond motifs is 1. The van der Waals surface area contributed by atoms with Crippen molar-refractivity contribution in [3.63, 3.8) is 0 Å². The molecule has 7 nitrogen and oxygen atoms in total. The highest BCUT2D eigenvalue weighted by molar-refractivity contribution is 5.97. The van der Waals surface area contributed by atoms with Crippen molar-refractivity contribution in [2.75, 3.05) is 33.2 Å². The van der Waals surface area contributed by atoms with Crippen molar-refractivity contribution in [3.05, 3.63) is 65.7 Å². The lowest BCUT2D eigenvalue weighted by Crippen LogP contribution is -2.46. The lowest BCUT2D eigenvalue weighted by molar-refractivity contribution is -0.139. The van der Waals surface area contributed by atoms with Gasteiger partial charge in [-0.1, -0.05) is 42.5 Å². The molecule has 32 heavy (non-hydrogen) atoms. The summed E-state index contributed by atoms with van der Waals surface area (Å²) in [5, 5.41) is 2.94. The van der Waals surface area contributed by atoms with Crippen LogP contribution in [-0.2, 0) is 16.0 Å². The standard InChI is InChI=1S/C25H29N3O4/c1-27(15-12-19-7-3-2-4-8-19)23(30)17-28-16-14-25(13-11-22(28)29)18-26-24(31)20-9-5-6-10-21(20)32-25/h2-10H,11-18H2,1H3,(H,26,31). The molecule has 2 aromatic carbocycles. The van der Waals surface area contributed by atoms with Gasteiger partial charge in [0.25, 0.3) is 5.91 Å². The van der Waals surface area contributed by atoms with Crippen molar-refractivity contribution in [3.8, 4) is 5.75 Å². The van der Waals surface area contributed by atoms with Crippen molar-refractivity contribution in [1.29, 1.82) is 0 Å². The zero-order chi connectivity index (χ0) is 22.6. The molecule has 0 aromatic heterocycles. The van der Waals surface area contributed by atoms with Gasteiger partial charge in [0.2, 0.25) is 11.8 Å². The quantitative estimate of drug-likeness (QED) is 0.782. The third-order valence-electron chi connectivity index (χ3n) is 6.34. The number of carbonyl (C=O) groups is 3. The summed E-state index contributed by atoms with van der Waals surface area (Å²) < 4.78 is 6.31. The summed E-state index contributed by atoms with van der Waals surface area (Å²) in [6, 6.07) is 17.2. The maximum atomic E-state index is 12.8. The van der Waals surface area contributed by atoms with Gasteiger partial charge in [-0.3, -0.25) is 14.4 Å². The molecular weight excluding hydrogens is 406 g/mol. The van der Waals surface area contributed by atoms with Crippen molar-refractivity contribution in [1.82, 2.24) is 15.1 Å². The van der Waals surface area contributed by atoms with Gasteiger partial charge in [-0.2, -0.15) is 0 Å². The molecular formula is C25H29N3O4. The van der Waals surface area contributed by atoms with E-state index in [0.717, 1.165) is 6.42 Å². The van der Waals surface area contributed by atoms with Crippen LogP contribution in [0.4, 0.5) is 0 Å². The molecule has 1 fully saturated rings. The largest absolute Gasteiger partial charge is 0.485 e. The molecule has 2 heterocycles. The van der Waals surface area contributed by atoms with Crippen LogP contribution in [0.15, 0.2) is 54.6 Å². The van der Waals surface area contributed by atoms with E-state index in [1.54, 1.807) is 35.0 Å². The molecule has 2 aliphatic rings. The highest BCUT2D eigenvalue weighted by Gasteiger charge is 2.40. The van der Waals surface area contributed by atoms with Gasteiger partial charge in [0.05, 0.1) is 18.7 Å². The number of ether oxygens (including phenoxy) is 1. The van der Waals surface area contributed by atoms with Crippen molar-refractivity contribution >= 4 is 17.7 Å². The van der Waals surface area contributed by atoms with Gasteiger partial charge >= 0.3 is 0 Å². The summed E-state index contributed by atoms with van der Waals surface area (Å²) in [6.45, 7) is 1.41. The molecule has 0 bridgehead atoms. The topological polar surface area (TPSA) is 79.0 Å². The molecule has 2 aliphatic heterocycles. The number of nitrogens with zero attached hydrogens (tertiary/aromatic N) is 2. The van der Waals surface area contributed by atoms with Gasteiger partial charge in [0, 0.05) is 33.0 Å². The van der Waals surface area contributed by atoms with Gasteiger partial charge in [0.15, 0.2) is 0 Å². The van der Waals surface area contributed by atoms with E-state index in [0.29, 0.717) is 43.8 Å². The summed E-state index contributed by atoms with van der Waals surface area (Å²) in [5.74, 6) is 0.241. The van der Waals surface area contributed by atoms with Crippen molar-refractivity contribution in [2.45, 2.75) is 31.3 Å². The lowest BCUT2D eigenvalue weighted by Gasteiger charge is -2.32. The molecule has 168 valence electrons. The molecule has 1 unspecified atom stereocenters. The maximum absolute atomic E-state index is 12.8. The Bertz CT molecular complexity index is 994. The Morgan fingerprint density at radius 3 is 2.66 bits per heavy atom. The molecule has 1 atom stereocenters. The number of amides is 3. The minimum atomic E-state index is -0.658. The number of rotatable bonds is 5. The van der Waals surface area contributed by atoms with Crippen LogP contribution in [0.25, 0.3) is 0 Å². The first kappa shape index (κ1) is 21.9. The third-order valence-corrected chi connectivity index (χ3v) is 6.34. The van der Waals surface area contributed by atoms with E-state index in [1.807, 2.05) is 36.4 Å². The van der Waals surface area contributed by atoms with Gasteiger partial charge < -0.3 is 19.9 Å². The number of carbonyl (C=O) groups excluding carboxylic acids is 3. The summed E-state index contributed by atoms with van der Waals surface area (Å²) in [7, 11) is 1.77. The Hall–Kier alpha value is -3.35. The molecule has 0 radical (unpaired) electrons. The van der Waals surface area contributed by atoms with Crippen LogP contribution >= 0.6 is 0 Å². The lowest BCUT2D eigenvalue weighted by atomic mass is 9.94. The monoisotopic (exact) mass is 435 g/mol. The number of hydrogen-bond acceptors (Lipinski definition) is 4. The fourth-order valence-corrected chi connectivity index (χ4v) is 4.23. The molecule has 3 amide bonds. The van der Waals surface area contributed by atoms with Crippen LogP contribution in [0.1, 0.15) is 35.2 Å². The molecule has 7 heteroatoms. The summed E-state index contributed by atoms with van der Waals surface area (Å²) in [4.78, 5) is 41.3. The first-order chi connectivity index (χ1) is 15.5. The fraction of sp³-hybridized carbons (Fsp3) is 0.400. The SMILES string of the molecule is CN(CCc1ccccc1)C(=O)CN1CCC2(CCC1=O)CNC(=O)c1ccccc1O2. The summed E-state index contributed by atoms with van der Waals surface area (Å²) in [5.41, 5.74) is 1.02. The number of hydrogen-bond donors (Lipinski definition) is 1. The van der Waals surface area contributed by atoms with Gasteiger partial charge in [0.1, 0.15) is 11.4 Å². The highest BCUT2D eigenvalue weighted by atomic mass is 16.5. The van der Waals surface area contributed by atoms with Crippen LogP contribution in [0.5, 0.6) is 5.75 Å². The molecule has 2 aromatic rings. The fourth-order valence-electron chi connectivity index (χ4n) is 4.23. The van der Waals surface area contributed by atoms with Crippen LogP contribution < -0.4 is 10.1 Å². The highest BCUT2D eigenvalue weighted by Crippen LogP contribution is 2.33. The second-order valence-corrected chi connectivity index (χ2v) is 8.58. The van der Waals surface area contributed by atoms with E-state index in [1.165, 1.54) is 5.56 Å². The Labute approximate surface area is 188 Å². The molecule has 1 saturated heterocycles. The van der Waals surface area contributed by atoms with Crippen LogP contribution in [0.3, 0.4) is 0 Å². The van der Waals surface area contributed by atoms with Crippen molar-refractivity contribution in [2.24, 2.45) is 0 Å². The molecule has 1 N–H and O–H groups in total. The average molecular weight is 436 g/mol. The van der Waals surface area contributed by atoms with Gasteiger partial charge in [-0.25, -0.2) is 0 Å². The van der Waals surface area contributed by atoms with Crippen LogP contribution in [0.2, 0.25) is 0 Å². The van der Waals surface area contributed by atoms with Gasteiger partial charge in [-0.05, 0) is 30.5 Å². The minimum Gasteiger partial charge on any atom is -0.485 e. The summed E-state index contributed by atoms with van der Waals surface area (Å²) in [6.07, 6.45) is 2.09. The number of benzene rings is 2. The molecule has 0 aliphatic carbocycles. The second-order valence-electron chi connectivity index (χ2n) is 8.58. The number of likely N-dealkylation sites (tertiary alicyclic amines) is 1. The summed E-state index contributed by atoms with van der Waals surface area (Å²) >= 11 is 0. The Balaban J connectivity index is 1.37. The second kappa shape index (κ2) is 9.42. The van der Waals surface area contributed by atoms with Crippen LogP contribution in [0, 0.1) is 0 Å². The predicted octanol–water partition coefficient (Wildman–Crippen LogP) is 2.26. The predicted molar refractivity (Wildman–Crippen MR) is 120 cm³/mol. The van der Waals surface area contributed by atoms with Gasteiger partial charge in [-0.15, -0.1) is 0 Å². The normalized spacial score (nSPS) is 20.6. The first-order valence-electron chi connectivity index (χ1n) is 11.1. The number of likely N-dealkylation sites (N-methyl/N-ethyl adjacent to an activating group) is 1. The number of nitrogens with one attached hydrogen (secondary N) is 1. The molecule has 1 spiro atoms. The van der Waals surface area contributed by atoms with E-state index in [2.05, 4.69) is 5.32 Å². The maximum Gasteiger partial charge on any atom is 0.255 e. The zero-order valence-electron chi connectivity index (χ0n) is 18.4. The molecule has 4 rings (SSSR count). The van der Waals surface area contributed by atoms with Crippen molar-refractivity contribution < 1.29 is 19.1 Å². The van der Waals surface area contributed by atoms with E-state index in [-0.39, 0.29) is 30.7 Å². The Morgan fingerprint density at radius 2 is 1.84 bits per heavy atom. The molecule has 0 saturated carbocycles. The number of para-hydroxylation sites is 1. The van der Waals surface area contributed by atoms with E-state index in [4.69, 9.17) is 4.74 Å². The average Bonchev–Trinajstić information content (AvgIpc) is 3.05. The minimum absolute atomic E-state index is 0.0563. The zero-order valence-corrected chi connectivity index (χ0v) is 18.4. The smallest absolute Gasteiger partial charge is 0.255 e. The Morgan fingerprint density at radius 1 is 1.09 bits per heavy atom. The van der Waals surface area contributed by atoms with Crippen LogP contribution in [-0.4, -0.2) is 66.3 Å². The first-order valence-corrected chi connectivity index (χ1v) is 11.1.